The van der Waals surface area contributed by atoms with Gasteiger partial charge in [-0.1, -0.05) is 24.3 Å². The van der Waals surface area contributed by atoms with Crippen molar-refractivity contribution in [1.29, 1.82) is 0 Å². The molecule has 0 aliphatic heterocycles. The van der Waals surface area contributed by atoms with Crippen molar-refractivity contribution in [3.63, 3.8) is 0 Å². The second-order valence-corrected chi connectivity index (χ2v) is 6.40. The first kappa shape index (κ1) is 15.6. The highest BCUT2D eigenvalue weighted by Gasteiger charge is 2.07. The molecule has 0 fully saturated rings. The number of hydrogen-bond donors (Lipinski definition) is 0. The Hall–Kier alpha value is -2.31. The number of thiophene rings is 1. The molecule has 3 rings (SSSR count). The topological polar surface area (TPSA) is 29.6 Å². The molecule has 0 amide bonds. The lowest BCUT2D eigenvalue weighted by atomic mass is 10.2. The van der Waals surface area contributed by atoms with Gasteiger partial charge in [0.25, 0.3) is 0 Å². The molecule has 0 bridgehead atoms. The predicted molar refractivity (Wildman–Crippen MR) is 95.6 cm³/mol. The van der Waals surface area contributed by atoms with Crippen LogP contribution in [0.25, 0.3) is 10.6 Å². The summed E-state index contributed by atoms with van der Waals surface area (Å²) in [6.07, 6.45) is 3.45. The van der Waals surface area contributed by atoms with Gasteiger partial charge in [-0.05, 0) is 29.1 Å². The number of rotatable bonds is 5. The second kappa shape index (κ2) is 7.30. The molecule has 0 N–H and O–H groups in total. The SMILES string of the molecule is C=CCN=c1scc(-c2cccs2)n1N=Cc1ccc(F)cc1. The van der Waals surface area contributed by atoms with Crippen molar-refractivity contribution in [2.24, 2.45) is 10.1 Å². The Bertz CT molecular complexity index is 871. The Morgan fingerprint density at radius 2 is 2.00 bits per heavy atom. The Labute approximate surface area is 141 Å². The molecule has 0 atom stereocenters. The Kier molecular flexibility index (Phi) is 4.95. The Morgan fingerprint density at radius 3 is 2.70 bits per heavy atom. The number of nitrogens with zero attached hydrogens (tertiary/aromatic N) is 3. The van der Waals surface area contributed by atoms with Gasteiger partial charge in [-0.25, -0.2) is 9.07 Å². The molecule has 0 spiro atoms. The molecule has 3 aromatic rings. The first-order chi connectivity index (χ1) is 11.3. The quantitative estimate of drug-likeness (QED) is 0.486. The normalized spacial score (nSPS) is 12.1. The van der Waals surface area contributed by atoms with E-state index >= 15 is 0 Å². The van der Waals surface area contributed by atoms with Crippen LogP contribution in [0.1, 0.15) is 5.56 Å². The van der Waals surface area contributed by atoms with Crippen molar-refractivity contribution in [1.82, 2.24) is 4.68 Å². The van der Waals surface area contributed by atoms with Crippen LogP contribution in [0.2, 0.25) is 0 Å². The zero-order valence-electron chi connectivity index (χ0n) is 12.2. The van der Waals surface area contributed by atoms with E-state index < -0.39 is 0 Å². The van der Waals surface area contributed by atoms with Gasteiger partial charge in [0.2, 0.25) is 4.80 Å². The summed E-state index contributed by atoms with van der Waals surface area (Å²) in [6, 6.07) is 10.3. The van der Waals surface area contributed by atoms with Crippen LogP contribution in [0.15, 0.2) is 69.9 Å². The molecule has 0 aliphatic carbocycles. The van der Waals surface area contributed by atoms with Gasteiger partial charge in [0.05, 0.1) is 23.3 Å². The fourth-order valence-electron chi connectivity index (χ4n) is 1.93. The van der Waals surface area contributed by atoms with Crippen LogP contribution in [-0.4, -0.2) is 17.4 Å². The van der Waals surface area contributed by atoms with Crippen molar-refractivity contribution >= 4 is 28.9 Å². The molecule has 2 heterocycles. The minimum atomic E-state index is -0.258. The fourth-order valence-corrected chi connectivity index (χ4v) is 3.57. The highest BCUT2D eigenvalue weighted by molar-refractivity contribution is 7.14. The number of thiazole rings is 1. The lowest BCUT2D eigenvalue weighted by molar-refractivity contribution is 0.628. The maximum Gasteiger partial charge on any atom is 0.206 e. The summed E-state index contributed by atoms with van der Waals surface area (Å²) >= 11 is 3.18. The largest absolute Gasteiger partial charge is 0.253 e. The van der Waals surface area contributed by atoms with Crippen molar-refractivity contribution in [2.75, 3.05) is 6.54 Å². The molecule has 116 valence electrons. The zero-order chi connectivity index (χ0) is 16.1. The summed E-state index contributed by atoms with van der Waals surface area (Å²) in [5, 5.41) is 8.60. The van der Waals surface area contributed by atoms with Gasteiger partial charge >= 0.3 is 0 Å². The van der Waals surface area contributed by atoms with Crippen molar-refractivity contribution in [3.8, 4) is 10.6 Å². The van der Waals surface area contributed by atoms with Crippen LogP contribution in [0.3, 0.4) is 0 Å². The second-order valence-electron chi connectivity index (χ2n) is 4.62. The van der Waals surface area contributed by atoms with E-state index in [1.54, 1.807) is 35.8 Å². The highest BCUT2D eigenvalue weighted by atomic mass is 32.1. The Balaban J connectivity index is 2.03. The number of aromatic nitrogens is 1. The minimum absolute atomic E-state index is 0.258. The van der Waals surface area contributed by atoms with Gasteiger partial charge in [0.1, 0.15) is 5.82 Å². The van der Waals surface area contributed by atoms with Crippen molar-refractivity contribution in [2.45, 2.75) is 0 Å². The molecule has 6 heteroatoms. The Morgan fingerprint density at radius 1 is 1.17 bits per heavy atom. The molecule has 0 aliphatic rings. The molecule has 2 aromatic heterocycles. The highest BCUT2D eigenvalue weighted by Crippen LogP contribution is 2.25. The van der Waals surface area contributed by atoms with Crippen molar-refractivity contribution in [3.05, 3.63) is 76.0 Å². The van der Waals surface area contributed by atoms with Gasteiger partial charge in [-0.2, -0.15) is 5.10 Å². The molecule has 0 saturated carbocycles. The van der Waals surface area contributed by atoms with Crippen LogP contribution >= 0.6 is 22.7 Å². The van der Waals surface area contributed by atoms with E-state index in [9.17, 15) is 4.39 Å². The van der Waals surface area contributed by atoms with Gasteiger partial charge in [0, 0.05) is 5.38 Å². The molecular formula is C17H14FN3S2. The summed E-state index contributed by atoms with van der Waals surface area (Å²) in [5.41, 5.74) is 1.82. The predicted octanol–water partition coefficient (Wildman–Crippen LogP) is 4.39. The summed E-state index contributed by atoms with van der Waals surface area (Å²) in [7, 11) is 0. The van der Waals surface area contributed by atoms with Crippen LogP contribution in [-0.2, 0) is 0 Å². The molecule has 0 saturated heterocycles. The van der Waals surface area contributed by atoms with E-state index in [1.807, 2.05) is 27.6 Å². The van der Waals surface area contributed by atoms with Gasteiger partial charge in [0.15, 0.2) is 0 Å². The third-order valence-corrected chi connectivity index (χ3v) is 4.75. The van der Waals surface area contributed by atoms with E-state index in [0.717, 1.165) is 20.9 Å². The number of halogens is 1. The van der Waals surface area contributed by atoms with E-state index in [2.05, 4.69) is 16.7 Å². The van der Waals surface area contributed by atoms with Crippen LogP contribution in [0, 0.1) is 5.82 Å². The van der Waals surface area contributed by atoms with Crippen LogP contribution in [0.5, 0.6) is 0 Å². The summed E-state index contributed by atoms with van der Waals surface area (Å²) in [6.45, 7) is 4.23. The minimum Gasteiger partial charge on any atom is -0.253 e. The average Bonchev–Trinajstić information content (AvgIpc) is 3.21. The van der Waals surface area contributed by atoms with Gasteiger partial charge in [-0.15, -0.1) is 29.3 Å². The summed E-state index contributed by atoms with van der Waals surface area (Å²) < 4.78 is 14.8. The van der Waals surface area contributed by atoms with E-state index in [0.29, 0.717) is 6.54 Å². The van der Waals surface area contributed by atoms with Crippen molar-refractivity contribution < 1.29 is 4.39 Å². The third-order valence-electron chi connectivity index (χ3n) is 3.01. The molecule has 0 radical (unpaired) electrons. The smallest absolute Gasteiger partial charge is 0.206 e. The summed E-state index contributed by atoms with van der Waals surface area (Å²) in [5.74, 6) is -0.258. The molecule has 23 heavy (non-hydrogen) atoms. The van der Waals surface area contributed by atoms with E-state index in [-0.39, 0.29) is 5.82 Å². The fraction of sp³-hybridized carbons (Fsp3) is 0.0588. The van der Waals surface area contributed by atoms with Gasteiger partial charge < -0.3 is 0 Å². The standard InChI is InChI=1S/C17H14FN3S2/c1-2-9-19-17-21(15(12-23-17)16-4-3-10-22-16)20-11-13-5-7-14(18)8-6-13/h2-8,10-12H,1,9H2. The maximum atomic E-state index is 13.0. The third kappa shape index (κ3) is 3.72. The monoisotopic (exact) mass is 343 g/mol. The number of benzene rings is 1. The molecular weight excluding hydrogens is 329 g/mol. The van der Waals surface area contributed by atoms with Crippen LogP contribution in [0.4, 0.5) is 4.39 Å². The molecule has 0 unspecified atom stereocenters. The maximum absolute atomic E-state index is 13.0. The van der Waals surface area contributed by atoms with Gasteiger partial charge in [-0.3, -0.25) is 4.99 Å². The zero-order valence-corrected chi connectivity index (χ0v) is 13.9. The molecule has 3 nitrogen and oxygen atoms in total. The molecule has 1 aromatic carbocycles. The lowest BCUT2D eigenvalue weighted by Gasteiger charge is -2.00. The lowest BCUT2D eigenvalue weighted by Crippen LogP contribution is -2.12. The van der Waals surface area contributed by atoms with Crippen LogP contribution < -0.4 is 4.80 Å². The first-order valence-corrected chi connectivity index (χ1v) is 8.69. The number of hydrogen-bond acceptors (Lipinski definition) is 4. The first-order valence-electron chi connectivity index (χ1n) is 6.93. The van der Waals surface area contributed by atoms with E-state index in [1.165, 1.54) is 23.5 Å². The van der Waals surface area contributed by atoms with E-state index in [4.69, 9.17) is 0 Å². The average molecular weight is 343 g/mol. The summed E-state index contributed by atoms with van der Waals surface area (Å²) in [4.78, 5) is 6.40.